The SMILES string of the molecule is CCc1nc(F)nc2[nH]cnc12. The Kier molecular flexibility index (Phi) is 1.49. The average molecular weight is 166 g/mol. The standard InChI is InChI=1S/C7H7FN4/c1-2-4-5-6(10-3-9-5)12-7(8)11-4/h3H,2H2,1H3,(H,9,10,11,12). The highest BCUT2D eigenvalue weighted by atomic mass is 19.1. The smallest absolute Gasteiger partial charge is 0.310 e. The van der Waals surface area contributed by atoms with Crippen LogP contribution in [0.5, 0.6) is 0 Å². The summed E-state index contributed by atoms with van der Waals surface area (Å²) in [5.74, 6) is 0. The van der Waals surface area contributed by atoms with Crippen LogP contribution in [-0.4, -0.2) is 19.9 Å². The first-order chi connectivity index (χ1) is 5.81. The number of halogens is 1. The van der Waals surface area contributed by atoms with Gasteiger partial charge < -0.3 is 4.98 Å². The molecule has 0 bridgehead atoms. The largest absolute Gasteiger partial charge is 0.329 e. The maximum absolute atomic E-state index is 12.7. The Morgan fingerprint density at radius 2 is 2.33 bits per heavy atom. The lowest BCUT2D eigenvalue weighted by Gasteiger charge is -1.95. The second-order valence-corrected chi connectivity index (χ2v) is 2.39. The van der Waals surface area contributed by atoms with Crippen LogP contribution >= 0.6 is 0 Å². The zero-order chi connectivity index (χ0) is 8.55. The van der Waals surface area contributed by atoms with E-state index in [0.717, 1.165) is 0 Å². The monoisotopic (exact) mass is 166 g/mol. The molecule has 4 nitrogen and oxygen atoms in total. The third kappa shape index (κ3) is 0.939. The Labute approximate surface area is 67.9 Å². The fourth-order valence-corrected chi connectivity index (χ4v) is 1.11. The van der Waals surface area contributed by atoms with Crippen LogP contribution in [0.3, 0.4) is 0 Å². The van der Waals surface area contributed by atoms with Gasteiger partial charge in [-0.2, -0.15) is 9.37 Å². The van der Waals surface area contributed by atoms with E-state index in [-0.39, 0.29) is 0 Å². The molecule has 2 rings (SSSR count). The van der Waals surface area contributed by atoms with Crippen molar-refractivity contribution in [2.75, 3.05) is 0 Å². The number of nitrogens with one attached hydrogen (secondary N) is 1. The molecule has 0 unspecified atom stereocenters. The van der Waals surface area contributed by atoms with Gasteiger partial charge in [0.15, 0.2) is 5.65 Å². The average Bonchev–Trinajstić information content (AvgIpc) is 2.50. The Morgan fingerprint density at radius 1 is 1.50 bits per heavy atom. The van der Waals surface area contributed by atoms with Crippen molar-refractivity contribution in [3.05, 3.63) is 18.1 Å². The molecule has 0 saturated carbocycles. The molecule has 2 aromatic rings. The summed E-state index contributed by atoms with van der Waals surface area (Å²) in [6, 6.07) is 0. The fourth-order valence-electron chi connectivity index (χ4n) is 1.11. The van der Waals surface area contributed by atoms with Crippen LogP contribution in [0.1, 0.15) is 12.6 Å². The molecule has 0 fully saturated rings. The summed E-state index contributed by atoms with van der Waals surface area (Å²) in [5, 5.41) is 0. The molecule has 0 spiro atoms. The number of aryl methyl sites for hydroxylation is 1. The molecule has 0 aliphatic heterocycles. The highest BCUT2D eigenvalue weighted by Gasteiger charge is 2.06. The molecule has 62 valence electrons. The van der Waals surface area contributed by atoms with Gasteiger partial charge >= 0.3 is 6.08 Å². The lowest BCUT2D eigenvalue weighted by atomic mass is 10.3. The second kappa shape index (κ2) is 2.51. The number of rotatable bonds is 1. The van der Waals surface area contributed by atoms with Crippen molar-refractivity contribution in [2.45, 2.75) is 13.3 Å². The number of imidazole rings is 1. The van der Waals surface area contributed by atoms with E-state index in [1.54, 1.807) is 0 Å². The van der Waals surface area contributed by atoms with Gasteiger partial charge in [0.1, 0.15) is 5.52 Å². The summed E-state index contributed by atoms with van der Waals surface area (Å²) in [4.78, 5) is 13.9. The molecular weight excluding hydrogens is 159 g/mol. The predicted molar refractivity (Wildman–Crippen MR) is 41.0 cm³/mol. The summed E-state index contributed by atoms with van der Waals surface area (Å²) in [5.41, 5.74) is 1.75. The van der Waals surface area contributed by atoms with Crippen molar-refractivity contribution < 1.29 is 4.39 Å². The molecular formula is C7H7FN4. The van der Waals surface area contributed by atoms with Crippen molar-refractivity contribution in [1.29, 1.82) is 0 Å². The fraction of sp³-hybridized carbons (Fsp3) is 0.286. The molecule has 0 radical (unpaired) electrons. The van der Waals surface area contributed by atoms with Crippen molar-refractivity contribution in [1.82, 2.24) is 19.9 Å². The maximum Gasteiger partial charge on any atom is 0.310 e. The van der Waals surface area contributed by atoms with Gasteiger partial charge in [-0.1, -0.05) is 6.92 Å². The molecule has 2 heterocycles. The van der Waals surface area contributed by atoms with Gasteiger partial charge in [-0.05, 0) is 6.42 Å². The molecule has 12 heavy (non-hydrogen) atoms. The van der Waals surface area contributed by atoms with E-state index in [1.165, 1.54) is 6.33 Å². The molecule has 0 aliphatic rings. The van der Waals surface area contributed by atoms with Crippen molar-refractivity contribution in [2.24, 2.45) is 0 Å². The molecule has 0 aromatic carbocycles. The highest BCUT2D eigenvalue weighted by Crippen LogP contribution is 2.10. The topological polar surface area (TPSA) is 54.5 Å². The predicted octanol–water partition coefficient (Wildman–Crippen LogP) is 1.05. The highest BCUT2D eigenvalue weighted by molar-refractivity contribution is 5.71. The summed E-state index contributed by atoms with van der Waals surface area (Å²) in [6.45, 7) is 1.90. The van der Waals surface area contributed by atoms with Gasteiger partial charge in [-0.3, -0.25) is 0 Å². The van der Waals surface area contributed by atoms with Gasteiger partial charge in [0.05, 0.1) is 12.0 Å². The van der Waals surface area contributed by atoms with Crippen LogP contribution < -0.4 is 0 Å². The van der Waals surface area contributed by atoms with E-state index in [0.29, 0.717) is 23.3 Å². The Bertz CT molecular complexity index is 409. The Balaban J connectivity index is 2.80. The first-order valence-electron chi connectivity index (χ1n) is 3.66. The van der Waals surface area contributed by atoms with Crippen LogP contribution in [0, 0.1) is 6.08 Å². The quantitative estimate of drug-likeness (QED) is 0.644. The van der Waals surface area contributed by atoms with E-state index in [4.69, 9.17) is 0 Å². The minimum absolute atomic E-state index is 0.458. The summed E-state index contributed by atoms with van der Waals surface area (Å²) in [6.07, 6.45) is 1.43. The number of hydrogen-bond acceptors (Lipinski definition) is 3. The van der Waals surface area contributed by atoms with Crippen LogP contribution in [-0.2, 0) is 6.42 Å². The van der Waals surface area contributed by atoms with E-state index in [2.05, 4.69) is 19.9 Å². The summed E-state index contributed by atoms with van der Waals surface area (Å²) < 4.78 is 12.7. The van der Waals surface area contributed by atoms with E-state index >= 15 is 0 Å². The Hall–Kier alpha value is -1.52. The van der Waals surface area contributed by atoms with Crippen LogP contribution in [0.25, 0.3) is 11.2 Å². The lowest BCUT2D eigenvalue weighted by molar-refractivity contribution is 0.538. The van der Waals surface area contributed by atoms with Crippen molar-refractivity contribution in [3.8, 4) is 0 Å². The maximum atomic E-state index is 12.7. The Morgan fingerprint density at radius 3 is 3.08 bits per heavy atom. The van der Waals surface area contributed by atoms with Gasteiger partial charge in [0.25, 0.3) is 0 Å². The normalized spacial score (nSPS) is 10.8. The molecule has 0 saturated heterocycles. The first kappa shape index (κ1) is 7.15. The molecule has 2 aromatic heterocycles. The first-order valence-corrected chi connectivity index (χ1v) is 3.66. The molecule has 0 aliphatic carbocycles. The zero-order valence-electron chi connectivity index (χ0n) is 6.50. The van der Waals surface area contributed by atoms with Crippen LogP contribution in [0.2, 0.25) is 0 Å². The minimum Gasteiger partial charge on any atom is -0.329 e. The van der Waals surface area contributed by atoms with E-state index in [9.17, 15) is 4.39 Å². The van der Waals surface area contributed by atoms with E-state index in [1.807, 2.05) is 6.92 Å². The summed E-state index contributed by atoms with van der Waals surface area (Å²) >= 11 is 0. The van der Waals surface area contributed by atoms with Gasteiger partial charge in [-0.15, -0.1) is 0 Å². The van der Waals surface area contributed by atoms with Gasteiger partial charge in [0.2, 0.25) is 0 Å². The number of nitrogens with zero attached hydrogens (tertiary/aromatic N) is 3. The third-order valence-electron chi connectivity index (χ3n) is 1.66. The van der Waals surface area contributed by atoms with Crippen LogP contribution in [0.4, 0.5) is 4.39 Å². The zero-order valence-corrected chi connectivity index (χ0v) is 6.50. The number of aromatic nitrogens is 4. The molecule has 5 heteroatoms. The van der Waals surface area contributed by atoms with Gasteiger partial charge in [0, 0.05) is 0 Å². The molecule has 0 amide bonds. The second-order valence-electron chi connectivity index (χ2n) is 2.39. The number of hydrogen-bond donors (Lipinski definition) is 1. The van der Waals surface area contributed by atoms with Crippen molar-refractivity contribution >= 4 is 11.2 Å². The molecule has 1 N–H and O–H groups in total. The number of H-pyrrole nitrogens is 1. The minimum atomic E-state index is -0.705. The number of aromatic amines is 1. The lowest BCUT2D eigenvalue weighted by Crippen LogP contribution is -1.96. The number of fused-ring (bicyclic) bond motifs is 1. The van der Waals surface area contributed by atoms with Crippen LogP contribution in [0.15, 0.2) is 6.33 Å². The molecule has 0 atom stereocenters. The van der Waals surface area contributed by atoms with Gasteiger partial charge in [-0.25, -0.2) is 9.97 Å². The third-order valence-corrected chi connectivity index (χ3v) is 1.66. The van der Waals surface area contributed by atoms with Crippen molar-refractivity contribution in [3.63, 3.8) is 0 Å². The summed E-state index contributed by atoms with van der Waals surface area (Å²) in [7, 11) is 0. The van der Waals surface area contributed by atoms with E-state index < -0.39 is 6.08 Å².